The van der Waals surface area contributed by atoms with Crippen molar-refractivity contribution in [3.63, 3.8) is 0 Å². The number of carbonyl (C=O) groups is 4. The minimum Gasteiger partial charge on any atom is -0.426 e. The maximum atomic E-state index is 12.6. The Kier molecular flexibility index (Phi) is 5.32. The Morgan fingerprint density at radius 2 is 1.03 bits per heavy atom. The van der Waals surface area contributed by atoms with Crippen LogP contribution in [0.3, 0.4) is 0 Å². The number of hydrogen-bond donors (Lipinski definition) is 0. The molecule has 0 fully saturated rings. The number of esters is 3. The molecule has 3 aromatic carbocycles. The zero-order chi connectivity index (χ0) is 21.3. The van der Waals surface area contributed by atoms with Gasteiger partial charge in [-0.3, -0.25) is 19.2 Å². The molecule has 0 unspecified atom stereocenters. The van der Waals surface area contributed by atoms with E-state index >= 15 is 0 Å². The summed E-state index contributed by atoms with van der Waals surface area (Å²) in [5.74, 6) is -1.76. The lowest BCUT2D eigenvalue weighted by atomic mass is 9.92. The number of hydrogen-bond acceptors (Lipinski definition) is 7. The van der Waals surface area contributed by atoms with E-state index in [0.29, 0.717) is 16.3 Å². The van der Waals surface area contributed by atoms with Gasteiger partial charge in [-0.2, -0.15) is 0 Å². The van der Waals surface area contributed by atoms with Gasteiger partial charge in [0.25, 0.3) is 0 Å². The molecule has 3 rings (SSSR count). The summed E-state index contributed by atoms with van der Waals surface area (Å²) in [5, 5.41) is 1.41. The van der Waals surface area contributed by atoms with Gasteiger partial charge in [0.1, 0.15) is 11.5 Å². The summed E-state index contributed by atoms with van der Waals surface area (Å²) in [5.41, 5.74) is 0.328. The summed E-state index contributed by atoms with van der Waals surface area (Å²) in [7, 11) is 0. The third kappa shape index (κ3) is 3.80. The second kappa shape index (κ2) is 7.71. The molecule has 7 heteroatoms. The number of rotatable bonds is 4. The summed E-state index contributed by atoms with van der Waals surface area (Å²) in [4.78, 5) is 47.7. The van der Waals surface area contributed by atoms with Gasteiger partial charge < -0.3 is 14.2 Å². The Labute approximate surface area is 166 Å². The highest BCUT2D eigenvalue weighted by atomic mass is 16.6. The van der Waals surface area contributed by atoms with E-state index in [9.17, 15) is 19.2 Å². The van der Waals surface area contributed by atoms with Crippen LogP contribution in [0, 0.1) is 0 Å². The molecule has 0 aliphatic carbocycles. The molecule has 0 saturated carbocycles. The fourth-order valence-electron chi connectivity index (χ4n) is 3.32. The van der Waals surface area contributed by atoms with Crippen LogP contribution in [0.25, 0.3) is 21.5 Å². The van der Waals surface area contributed by atoms with Crippen LogP contribution >= 0.6 is 0 Å². The minimum atomic E-state index is -0.626. The molecule has 0 atom stereocenters. The Bertz CT molecular complexity index is 1110. The van der Waals surface area contributed by atoms with E-state index in [-0.39, 0.29) is 33.8 Å². The number of ketones is 1. The molecule has 0 aliphatic heterocycles. The molecule has 0 spiro atoms. The van der Waals surface area contributed by atoms with Gasteiger partial charge in [-0.05, 0) is 19.1 Å². The summed E-state index contributed by atoms with van der Waals surface area (Å²) >= 11 is 0. The molecule has 7 nitrogen and oxygen atoms in total. The predicted molar refractivity (Wildman–Crippen MR) is 105 cm³/mol. The van der Waals surface area contributed by atoms with E-state index in [1.165, 1.54) is 39.8 Å². The van der Waals surface area contributed by atoms with Crippen molar-refractivity contribution < 1.29 is 33.4 Å². The molecular formula is C22H18O7. The van der Waals surface area contributed by atoms with Crippen molar-refractivity contribution in [3.05, 3.63) is 42.0 Å². The summed E-state index contributed by atoms with van der Waals surface area (Å²) in [6.07, 6.45) is 0. The van der Waals surface area contributed by atoms with Gasteiger partial charge in [-0.15, -0.1) is 0 Å². The van der Waals surface area contributed by atoms with Crippen molar-refractivity contribution in [2.24, 2.45) is 0 Å². The first kappa shape index (κ1) is 20.0. The van der Waals surface area contributed by atoms with E-state index < -0.39 is 17.9 Å². The highest BCUT2D eigenvalue weighted by molar-refractivity contribution is 6.23. The van der Waals surface area contributed by atoms with Crippen LogP contribution in [0.2, 0.25) is 0 Å². The average molecular weight is 394 g/mol. The number of benzene rings is 3. The zero-order valence-corrected chi connectivity index (χ0v) is 16.3. The van der Waals surface area contributed by atoms with Gasteiger partial charge in [0.15, 0.2) is 11.5 Å². The highest BCUT2D eigenvalue weighted by Gasteiger charge is 2.24. The predicted octanol–water partition coefficient (Wildman–Crippen LogP) is 3.97. The lowest BCUT2D eigenvalue weighted by molar-refractivity contribution is -0.132. The van der Waals surface area contributed by atoms with E-state index in [2.05, 4.69) is 0 Å². The molecular weight excluding hydrogens is 376 g/mol. The van der Waals surface area contributed by atoms with Crippen LogP contribution in [0.4, 0.5) is 0 Å². The SMILES string of the molecule is CC(=O)Oc1cccc2c(C(C)=O)c3cccc(OC(C)=O)c3c(OC(C)=O)c12. The van der Waals surface area contributed by atoms with E-state index in [1.807, 2.05) is 0 Å². The largest absolute Gasteiger partial charge is 0.426 e. The molecule has 0 aliphatic rings. The third-order valence-corrected chi connectivity index (χ3v) is 4.15. The minimum absolute atomic E-state index is 0.0428. The molecule has 0 radical (unpaired) electrons. The van der Waals surface area contributed by atoms with Crippen molar-refractivity contribution >= 4 is 45.2 Å². The summed E-state index contributed by atoms with van der Waals surface area (Å²) < 4.78 is 16.1. The van der Waals surface area contributed by atoms with Gasteiger partial charge in [0, 0.05) is 37.1 Å². The van der Waals surface area contributed by atoms with Crippen LogP contribution in [-0.2, 0) is 14.4 Å². The normalized spacial score (nSPS) is 10.6. The molecule has 0 N–H and O–H groups in total. The first-order chi connectivity index (χ1) is 13.7. The number of carbonyl (C=O) groups excluding carboxylic acids is 4. The Morgan fingerprint density at radius 3 is 1.38 bits per heavy atom. The number of fused-ring (bicyclic) bond motifs is 2. The fraction of sp³-hybridized carbons (Fsp3) is 0.182. The standard InChI is InChI=1S/C22H18O7/c1-11(23)19-15-7-5-9-17(27-12(2)24)20(15)22(29-14(4)26)21-16(19)8-6-10-18(21)28-13(3)25/h5-10H,1-4H3. The maximum Gasteiger partial charge on any atom is 0.308 e. The van der Waals surface area contributed by atoms with Crippen molar-refractivity contribution in [1.29, 1.82) is 0 Å². The smallest absolute Gasteiger partial charge is 0.308 e. The van der Waals surface area contributed by atoms with E-state index in [0.717, 1.165) is 0 Å². The van der Waals surface area contributed by atoms with Crippen LogP contribution in [0.15, 0.2) is 36.4 Å². The first-order valence-electron chi connectivity index (χ1n) is 8.78. The average Bonchev–Trinajstić information content (AvgIpc) is 2.59. The third-order valence-electron chi connectivity index (χ3n) is 4.15. The molecule has 3 aromatic rings. The van der Waals surface area contributed by atoms with Crippen molar-refractivity contribution in [3.8, 4) is 17.2 Å². The molecule has 0 aromatic heterocycles. The van der Waals surface area contributed by atoms with E-state index in [4.69, 9.17) is 14.2 Å². The topological polar surface area (TPSA) is 96.0 Å². The molecule has 0 heterocycles. The monoisotopic (exact) mass is 394 g/mol. The fourth-order valence-corrected chi connectivity index (χ4v) is 3.32. The van der Waals surface area contributed by atoms with Gasteiger partial charge in [0.2, 0.25) is 0 Å². The highest BCUT2D eigenvalue weighted by Crippen LogP contribution is 2.46. The summed E-state index contributed by atoms with van der Waals surface area (Å²) in [6, 6.07) is 9.66. The van der Waals surface area contributed by atoms with Crippen LogP contribution < -0.4 is 14.2 Å². The Morgan fingerprint density at radius 1 is 0.621 bits per heavy atom. The second-order valence-electron chi connectivity index (χ2n) is 6.40. The summed E-state index contributed by atoms with van der Waals surface area (Å²) in [6.45, 7) is 5.10. The maximum absolute atomic E-state index is 12.6. The van der Waals surface area contributed by atoms with Gasteiger partial charge in [-0.1, -0.05) is 24.3 Å². The molecule has 29 heavy (non-hydrogen) atoms. The quantitative estimate of drug-likeness (QED) is 0.286. The van der Waals surface area contributed by atoms with Crippen LogP contribution in [0.1, 0.15) is 38.1 Å². The number of ether oxygens (including phenoxy) is 3. The second-order valence-corrected chi connectivity index (χ2v) is 6.40. The molecule has 0 bridgehead atoms. The van der Waals surface area contributed by atoms with Crippen LogP contribution in [-0.4, -0.2) is 23.7 Å². The lowest BCUT2D eigenvalue weighted by Gasteiger charge is -2.18. The van der Waals surface area contributed by atoms with Crippen molar-refractivity contribution in [1.82, 2.24) is 0 Å². The number of Topliss-reactive ketones (excluding diaryl/α,β-unsaturated/α-hetero) is 1. The van der Waals surface area contributed by atoms with Crippen molar-refractivity contribution in [2.75, 3.05) is 0 Å². The Balaban J connectivity index is 2.62. The van der Waals surface area contributed by atoms with Gasteiger partial charge >= 0.3 is 17.9 Å². The van der Waals surface area contributed by atoms with Gasteiger partial charge in [-0.25, -0.2) is 0 Å². The lowest BCUT2D eigenvalue weighted by Crippen LogP contribution is -2.09. The zero-order valence-electron chi connectivity index (χ0n) is 16.3. The van der Waals surface area contributed by atoms with Gasteiger partial charge in [0.05, 0.1) is 10.8 Å². The molecule has 148 valence electrons. The first-order valence-corrected chi connectivity index (χ1v) is 8.78. The van der Waals surface area contributed by atoms with Crippen LogP contribution in [0.5, 0.6) is 17.2 Å². The molecule has 0 amide bonds. The Hall–Kier alpha value is -3.74. The van der Waals surface area contributed by atoms with Crippen molar-refractivity contribution in [2.45, 2.75) is 27.7 Å². The molecule has 0 saturated heterocycles. The van der Waals surface area contributed by atoms with E-state index in [1.54, 1.807) is 24.3 Å².